The molecule has 1 aliphatic rings. The van der Waals surface area contributed by atoms with Crippen molar-refractivity contribution in [2.75, 3.05) is 6.61 Å². The number of alkyl halides is 3. The first-order valence-electron chi connectivity index (χ1n) is 10.1. The quantitative estimate of drug-likeness (QED) is 0.576. The smallest absolute Gasteiger partial charge is 0.422 e. The van der Waals surface area contributed by atoms with Gasteiger partial charge in [-0.1, -0.05) is 0 Å². The number of rotatable bonds is 6. The van der Waals surface area contributed by atoms with Crippen molar-refractivity contribution in [3.05, 3.63) is 50.7 Å². The fraction of sp³-hybridized carbons (Fsp3) is 0.381. The summed E-state index contributed by atoms with van der Waals surface area (Å²) in [7, 11) is 0. The van der Waals surface area contributed by atoms with Crippen LogP contribution in [0.5, 0.6) is 5.75 Å². The number of hydrogen-bond donors (Lipinski definition) is 2. The van der Waals surface area contributed by atoms with Crippen LogP contribution in [0.2, 0.25) is 0 Å². The number of halogens is 3. The number of benzene rings is 1. The number of ether oxygens (including phenoxy) is 1. The number of carboxylic acids is 1. The van der Waals surface area contributed by atoms with Crippen LogP contribution in [0.25, 0.3) is 11.0 Å². The number of hydrogen-bond acceptors (Lipinski definition) is 6. The molecule has 33 heavy (non-hydrogen) atoms. The molecule has 1 aromatic carbocycles. The number of nitrogens with one attached hydrogen (secondary N) is 1. The molecule has 1 aliphatic carbocycles. The molecule has 0 fully saturated rings. The summed E-state index contributed by atoms with van der Waals surface area (Å²) in [4.78, 5) is 31.2. The normalized spacial score (nSPS) is 13.5. The van der Waals surface area contributed by atoms with Crippen molar-refractivity contribution in [3.8, 4) is 11.8 Å². The average Bonchev–Trinajstić information content (AvgIpc) is 3.15. The van der Waals surface area contributed by atoms with Gasteiger partial charge >= 0.3 is 12.1 Å². The van der Waals surface area contributed by atoms with Gasteiger partial charge in [-0.25, -0.2) is 9.67 Å². The van der Waals surface area contributed by atoms with Gasteiger partial charge in [0.05, 0.1) is 28.7 Å². The lowest BCUT2D eigenvalue weighted by Gasteiger charge is -2.19. The average molecular weight is 461 g/mol. The summed E-state index contributed by atoms with van der Waals surface area (Å²) < 4.78 is 43.3. The number of nitriles is 1. The Bertz CT molecular complexity index is 1340. The van der Waals surface area contributed by atoms with Crippen LogP contribution >= 0.6 is 0 Å². The Morgan fingerprint density at radius 3 is 2.67 bits per heavy atom. The first kappa shape index (κ1) is 22.3. The minimum Gasteiger partial charge on any atom is -0.483 e. The molecule has 0 saturated carbocycles. The summed E-state index contributed by atoms with van der Waals surface area (Å²) in [5.41, 5.74) is 2.07. The summed E-state index contributed by atoms with van der Waals surface area (Å²) in [6.07, 6.45) is -1.54. The van der Waals surface area contributed by atoms with Gasteiger partial charge in [0, 0.05) is 11.6 Å². The minimum atomic E-state index is -4.55. The summed E-state index contributed by atoms with van der Waals surface area (Å²) in [5.74, 6) is -1.00. The molecule has 2 aromatic heterocycles. The predicted octanol–water partition coefficient (Wildman–Crippen LogP) is 2.49. The maximum atomic E-state index is 12.6. The maximum Gasteiger partial charge on any atom is 0.422 e. The standard InChI is InChI=1S/C21H18F3N5O4/c22-21(23,24)10-33-17-6-16-15(5-11(17)8-25)26-18(27-16)7-14-12-3-1-2-4-13(12)20(32)29(28-14)9-19(30)31/h5-6H,1-4,7,9-10H2,(H,26,27)(H,30,31). The fourth-order valence-electron chi connectivity index (χ4n) is 3.94. The van der Waals surface area contributed by atoms with Crippen molar-refractivity contribution < 1.29 is 27.8 Å². The van der Waals surface area contributed by atoms with E-state index in [0.717, 1.165) is 23.1 Å². The molecule has 172 valence electrons. The third-order valence-electron chi connectivity index (χ3n) is 5.31. The van der Waals surface area contributed by atoms with Crippen LogP contribution in [0, 0.1) is 11.3 Å². The topological polar surface area (TPSA) is 134 Å². The Morgan fingerprint density at radius 2 is 2.00 bits per heavy atom. The summed E-state index contributed by atoms with van der Waals surface area (Å²) in [5, 5.41) is 22.6. The molecule has 0 saturated heterocycles. The lowest BCUT2D eigenvalue weighted by Crippen LogP contribution is -2.33. The van der Waals surface area contributed by atoms with Crippen LogP contribution in [0.1, 0.15) is 41.1 Å². The van der Waals surface area contributed by atoms with Crippen molar-refractivity contribution >= 4 is 17.0 Å². The molecule has 0 aliphatic heterocycles. The number of carboxylic acid groups (broad SMARTS) is 1. The molecule has 0 bridgehead atoms. The molecular formula is C21H18F3N5O4. The van der Waals surface area contributed by atoms with Gasteiger partial charge in [0.2, 0.25) is 0 Å². The molecule has 0 unspecified atom stereocenters. The number of aromatic nitrogens is 4. The van der Waals surface area contributed by atoms with Crippen LogP contribution < -0.4 is 10.3 Å². The Morgan fingerprint density at radius 1 is 1.27 bits per heavy atom. The van der Waals surface area contributed by atoms with Crippen molar-refractivity contribution in [2.24, 2.45) is 0 Å². The van der Waals surface area contributed by atoms with Crippen LogP contribution in [0.3, 0.4) is 0 Å². The summed E-state index contributed by atoms with van der Waals surface area (Å²) >= 11 is 0. The Hall–Kier alpha value is -3.88. The highest BCUT2D eigenvalue weighted by Gasteiger charge is 2.29. The second-order valence-corrected chi connectivity index (χ2v) is 7.71. The van der Waals surface area contributed by atoms with Gasteiger partial charge in [-0.05, 0) is 37.3 Å². The second-order valence-electron chi connectivity index (χ2n) is 7.71. The second kappa shape index (κ2) is 8.57. The Labute approximate surface area is 184 Å². The SMILES string of the molecule is N#Cc1cc2nc(Cc3nn(CC(=O)O)c(=O)c4c3CCCC4)[nH]c2cc1OCC(F)(F)F. The number of aliphatic carboxylic acids is 1. The van der Waals surface area contributed by atoms with Crippen LogP contribution in [0.4, 0.5) is 13.2 Å². The summed E-state index contributed by atoms with van der Waals surface area (Å²) in [6, 6.07) is 4.41. The molecule has 0 spiro atoms. The summed E-state index contributed by atoms with van der Waals surface area (Å²) in [6.45, 7) is -2.10. The largest absolute Gasteiger partial charge is 0.483 e. The zero-order valence-corrected chi connectivity index (χ0v) is 17.2. The lowest BCUT2D eigenvalue weighted by molar-refractivity contribution is -0.153. The molecular weight excluding hydrogens is 443 g/mol. The van der Waals surface area contributed by atoms with Crippen LogP contribution in [-0.4, -0.2) is 43.6 Å². The van der Waals surface area contributed by atoms with Crippen molar-refractivity contribution in [2.45, 2.75) is 44.8 Å². The van der Waals surface area contributed by atoms with Crippen molar-refractivity contribution in [1.29, 1.82) is 5.26 Å². The molecule has 0 amide bonds. The fourth-order valence-corrected chi connectivity index (χ4v) is 3.94. The number of imidazole rings is 1. The molecule has 0 atom stereocenters. The van der Waals surface area contributed by atoms with E-state index in [2.05, 4.69) is 15.1 Å². The highest BCUT2D eigenvalue weighted by molar-refractivity contribution is 5.79. The first-order chi connectivity index (χ1) is 15.6. The van der Waals surface area contributed by atoms with E-state index in [9.17, 15) is 28.0 Å². The molecule has 9 nitrogen and oxygen atoms in total. The van der Waals surface area contributed by atoms with E-state index in [1.54, 1.807) is 6.07 Å². The van der Waals surface area contributed by atoms with E-state index in [1.807, 2.05) is 0 Å². The van der Waals surface area contributed by atoms with Crippen molar-refractivity contribution in [3.63, 3.8) is 0 Å². The molecule has 4 rings (SSSR count). The molecule has 0 radical (unpaired) electrons. The Balaban J connectivity index is 1.71. The van der Waals surface area contributed by atoms with E-state index in [0.29, 0.717) is 41.0 Å². The number of H-pyrrole nitrogens is 1. The van der Waals surface area contributed by atoms with Gasteiger partial charge in [-0.2, -0.15) is 23.5 Å². The molecule has 12 heteroatoms. The molecule has 2 heterocycles. The third kappa shape index (κ3) is 4.82. The zero-order valence-electron chi connectivity index (χ0n) is 17.2. The van der Waals surface area contributed by atoms with Crippen LogP contribution in [0.15, 0.2) is 16.9 Å². The monoisotopic (exact) mass is 461 g/mol. The van der Waals surface area contributed by atoms with E-state index in [1.165, 1.54) is 12.1 Å². The maximum absolute atomic E-state index is 12.6. The Kier molecular flexibility index (Phi) is 5.80. The van der Waals surface area contributed by atoms with E-state index in [-0.39, 0.29) is 17.7 Å². The van der Waals surface area contributed by atoms with Gasteiger partial charge in [0.1, 0.15) is 24.2 Å². The number of carbonyl (C=O) groups is 1. The number of nitrogens with zero attached hydrogens (tertiary/aromatic N) is 4. The molecule has 3 aromatic rings. The van der Waals surface area contributed by atoms with E-state index < -0.39 is 30.9 Å². The van der Waals surface area contributed by atoms with Gasteiger partial charge in [-0.15, -0.1) is 0 Å². The third-order valence-corrected chi connectivity index (χ3v) is 5.31. The lowest BCUT2D eigenvalue weighted by atomic mass is 9.91. The van der Waals surface area contributed by atoms with E-state index >= 15 is 0 Å². The van der Waals surface area contributed by atoms with Crippen molar-refractivity contribution in [1.82, 2.24) is 19.7 Å². The van der Waals surface area contributed by atoms with Crippen LogP contribution in [-0.2, 0) is 30.6 Å². The first-order valence-corrected chi connectivity index (χ1v) is 10.1. The van der Waals surface area contributed by atoms with Gasteiger partial charge in [0.25, 0.3) is 5.56 Å². The highest BCUT2D eigenvalue weighted by atomic mass is 19.4. The predicted molar refractivity (Wildman–Crippen MR) is 108 cm³/mol. The minimum absolute atomic E-state index is 0.0877. The molecule has 2 N–H and O–H groups in total. The van der Waals surface area contributed by atoms with Gasteiger partial charge < -0.3 is 14.8 Å². The number of aromatic amines is 1. The number of fused-ring (bicyclic) bond motifs is 2. The highest BCUT2D eigenvalue weighted by Crippen LogP contribution is 2.28. The van der Waals surface area contributed by atoms with E-state index in [4.69, 9.17) is 9.84 Å². The van der Waals surface area contributed by atoms with Gasteiger partial charge in [0.15, 0.2) is 6.61 Å². The zero-order chi connectivity index (χ0) is 23.8. The van der Waals surface area contributed by atoms with Gasteiger partial charge in [-0.3, -0.25) is 9.59 Å².